The number of imidazole rings is 1. The first-order valence-corrected chi connectivity index (χ1v) is 12.3. The molecule has 0 unspecified atom stereocenters. The fraction of sp³-hybridized carbons (Fsp3) is 0.423. The minimum Gasteiger partial charge on any atom is -0.478 e. The summed E-state index contributed by atoms with van der Waals surface area (Å²) in [7, 11) is 2.13. The molecule has 4 rings (SSSR count). The molecule has 1 fully saturated rings. The van der Waals surface area contributed by atoms with Crippen LogP contribution in [0.25, 0.3) is 11.0 Å². The maximum absolute atomic E-state index is 13.8. The molecule has 10 heteroatoms. The highest BCUT2D eigenvalue weighted by Crippen LogP contribution is 2.24. The number of anilines is 1. The number of aromatic carboxylic acids is 1. The van der Waals surface area contributed by atoms with Crippen molar-refractivity contribution >= 4 is 28.9 Å². The number of aryl methyl sites for hydroxylation is 1. The van der Waals surface area contributed by atoms with Crippen molar-refractivity contribution in [1.29, 1.82) is 0 Å². The molecule has 1 amide bonds. The van der Waals surface area contributed by atoms with Gasteiger partial charge in [0.25, 0.3) is 5.91 Å². The van der Waals surface area contributed by atoms with Crippen molar-refractivity contribution < 1.29 is 19.1 Å². The van der Waals surface area contributed by atoms with E-state index in [0.717, 1.165) is 80.7 Å². The van der Waals surface area contributed by atoms with Crippen LogP contribution in [-0.4, -0.2) is 76.1 Å². The van der Waals surface area contributed by atoms with E-state index in [-0.39, 0.29) is 5.56 Å². The molecule has 1 aliphatic heterocycles. The maximum Gasteiger partial charge on any atom is 0.338 e. The monoisotopic (exact) mass is 496 g/mol. The molecular formula is C26H33FN6O3. The van der Waals surface area contributed by atoms with Gasteiger partial charge in [0.05, 0.1) is 16.6 Å². The number of carbonyl (C=O) groups is 2. The third kappa shape index (κ3) is 6.07. The number of carboxylic acids is 1. The predicted molar refractivity (Wildman–Crippen MR) is 137 cm³/mol. The minimum atomic E-state index is -1.43. The Bertz CT molecular complexity index is 1240. The van der Waals surface area contributed by atoms with E-state index < -0.39 is 23.3 Å². The Balaban J connectivity index is 1.59. The Kier molecular flexibility index (Phi) is 8.29. The number of amides is 1. The van der Waals surface area contributed by atoms with Crippen molar-refractivity contribution in [2.75, 3.05) is 45.1 Å². The van der Waals surface area contributed by atoms with E-state index in [1.165, 1.54) is 6.07 Å². The molecule has 0 atom stereocenters. The van der Waals surface area contributed by atoms with Gasteiger partial charge in [-0.05, 0) is 62.3 Å². The number of nitrogens with zero attached hydrogens (tertiary/aromatic N) is 4. The summed E-state index contributed by atoms with van der Waals surface area (Å²) in [6, 6.07) is 9.48. The highest BCUT2D eigenvalue weighted by molar-refractivity contribution is 6.05. The SMILES string of the molecule is CN1CCN(Cc2ccc3c(c2)nc(NC(=O)c2ccc(F)c(C(=O)O)c2)n3CCCCCN)CC1. The molecule has 3 aromatic rings. The largest absolute Gasteiger partial charge is 0.478 e. The van der Waals surface area contributed by atoms with Gasteiger partial charge in [-0.1, -0.05) is 12.5 Å². The molecule has 0 spiro atoms. The van der Waals surface area contributed by atoms with Gasteiger partial charge < -0.3 is 20.3 Å². The normalized spacial score (nSPS) is 14.9. The van der Waals surface area contributed by atoms with E-state index >= 15 is 0 Å². The number of hydrogen-bond acceptors (Lipinski definition) is 6. The van der Waals surface area contributed by atoms with Crippen molar-refractivity contribution in [3.63, 3.8) is 0 Å². The number of carbonyl (C=O) groups excluding carboxylic acids is 1. The van der Waals surface area contributed by atoms with E-state index in [1.54, 1.807) is 0 Å². The summed E-state index contributed by atoms with van der Waals surface area (Å²) in [4.78, 5) is 33.7. The molecular weight excluding hydrogens is 463 g/mol. The number of unbranched alkanes of at least 4 members (excludes halogenated alkanes) is 2. The van der Waals surface area contributed by atoms with Crippen LogP contribution in [-0.2, 0) is 13.1 Å². The average molecular weight is 497 g/mol. The Morgan fingerprint density at radius 2 is 1.86 bits per heavy atom. The number of carboxylic acid groups (broad SMARTS) is 1. The van der Waals surface area contributed by atoms with E-state index in [9.17, 15) is 19.1 Å². The van der Waals surface area contributed by atoms with Crippen LogP contribution in [0.15, 0.2) is 36.4 Å². The molecule has 0 saturated carbocycles. The number of nitrogens with one attached hydrogen (secondary N) is 1. The van der Waals surface area contributed by atoms with Crippen LogP contribution in [0.1, 0.15) is 45.5 Å². The van der Waals surface area contributed by atoms with Crippen LogP contribution >= 0.6 is 0 Å². The number of nitrogens with two attached hydrogens (primary N) is 1. The van der Waals surface area contributed by atoms with Gasteiger partial charge in [-0.2, -0.15) is 0 Å². The van der Waals surface area contributed by atoms with Crippen molar-refractivity contribution in [1.82, 2.24) is 19.4 Å². The number of rotatable bonds is 10. The van der Waals surface area contributed by atoms with Crippen LogP contribution in [0.3, 0.4) is 0 Å². The molecule has 0 radical (unpaired) electrons. The van der Waals surface area contributed by atoms with Crippen LogP contribution in [0, 0.1) is 5.82 Å². The lowest BCUT2D eigenvalue weighted by Gasteiger charge is -2.32. The van der Waals surface area contributed by atoms with Crippen molar-refractivity contribution in [3.8, 4) is 0 Å². The van der Waals surface area contributed by atoms with E-state index in [1.807, 2.05) is 10.6 Å². The lowest BCUT2D eigenvalue weighted by Crippen LogP contribution is -2.43. The third-order valence-corrected chi connectivity index (χ3v) is 6.58. The molecule has 1 aromatic heterocycles. The first kappa shape index (κ1) is 25.7. The van der Waals surface area contributed by atoms with Gasteiger partial charge in [-0.25, -0.2) is 14.2 Å². The summed E-state index contributed by atoms with van der Waals surface area (Å²) in [5, 5.41) is 12.0. The number of likely N-dealkylation sites (N-methyl/N-ethyl adjacent to an activating group) is 1. The quantitative estimate of drug-likeness (QED) is 0.370. The van der Waals surface area contributed by atoms with Gasteiger partial charge in [0, 0.05) is 44.8 Å². The topological polar surface area (TPSA) is 117 Å². The second-order valence-corrected chi connectivity index (χ2v) is 9.29. The number of aromatic nitrogens is 2. The van der Waals surface area contributed by atoms with Gasteiger partial charge >= 0.3 is 5.97 Å². The molecule has 1 aliphatic rings. The maximum atomic E-state index is 13.8. The molecule has 36 heavy (non-hydrogen) atoms. The smallest absolute Gasteiger partial charge is 0.338 e. The second kappa shape index (κ2) is 11.6. The highest BCUT2D eigenvalue weighted by atomic mass is 19.1. The molecule has 0 bridgehead atoms. The van der Waals surface area contributed by atoms with Gasteiger partial charge in [-0.3, -0.25) is 15.0 Å². The van der Waals surface area contributed by atoms with Gasteiger partial charge in [0.15, 0.2) is 0 Å². The van der Waals surface area contributed by atoms with Gasteiger partial charge in [-0.15, -0.1) is 0 Å². The summed E-state index contributed by atoms with van der Waals surface area (Å²) < 4.78 is 15.8. The molecule has 0 aliphatic carbocycles. The van der Waals surface area contributed by atoms with E-state index in [0.29, 0.717) is 19.0 Å². The zero-order valence-electron chi connectivity index (χ0n) is 20.5. The summed E-state index contributed by atoms with van der Waals surface area (Å²) in [6.45, 7) is 6.23. The Morgan fingerprint density at radius 3 is 2.58 bits per heavy atom. The van der Waals surface area contributed by atoms with E-state index in [4.69, 9.17) is 10.7 Å². The second-order valence-electron chi connectivity index (χ2n) is 9.29. The number of hydrogen-bond donors (Lipinski definition) is 3. The van der Waals surface area contributed by atoms with Crippen LogP contribution in [0.2, 0.25) is 0 Å². The van der Waals surface area contributed by atoms with Crippen molar-refractivity contribution in [3.05, 3.63) is 58.9 Å². The minimum absolute atomic E-state index is 0.0475. The van der Waals surface area contributed by atoms with E-state index in [2.05, 4.69) is 34.3 Å². The standard InChI is InChI=1S/C26H33FN6O3/c1-31-11-13-32(14-12-31)17-18-5-8-23-22(15-18)29-26(33(23)10-4-2-3-9-28)30-24(34)19-6-7-21(27)20(16-19)25(35)36/h5-8,15-16H,2-4,9-14,17,28H2,1H3,(H,35,36)(H,29,30,34). The number of benzene rings is 2. The van der Waals surface area contributed by atoms with Crippen LogP contribution in [0.5, 0.6) is 0 Å². The fourth-order valence-electron chi connectivity index (χ4n) is 4.45. The van der Waals surface area contributed by atoms with Crippen molar-refractivity contribution in [2.45, 2.75) is 32.4 Å². The van der Waals surface area contributed by atoms with Gasteiger partial charge in [0.1, 0.15) is 5.82 Å². The summed E-state index contributed by atoms with van der Waals surface area (Å²) in [5.74, 6) is -2.49. The Labute approximate surface area is 209 Å². The summed E-state index contributed by atoms with van der Waals surface area (Å²) in [5.41, 5.74) is 7.97. The summed E-state index contributed by atoms with van der Waals surface area (Å²) >= 11 is 0. The number of piperazine rings is 1. The molecule has 4 N–H and O–H groups in total. The zero-order chi connectivity index (χ0) is 25.7. The predicted octanol–water partition coefficient (Wildman–Crippen LogP) is 3.00. The molecule has 9 nitrogen and oxygen atoms in total. The fourth-order valence-corrected chi connectivity index (χ4v) is 4.45. The Morgan fingerprint density at radius 1 is 1.08 bits per heavy atom. The number of halogens is 1. The first-order chi connectivity index (χ1) is 17.4. The molecule has 192 valence electrons. The third-order valence-electron chi connectivity index (χ3n) is 6.58. The molecule has 2 aromatic carbocycles. The molecule has 1 saturated heterocycles. The molecule has 2 heterocycles. The lowest BCUT2D eigenvalue weighted by molar-refractivity contribution is 0.0692. The van der Waals surface area contributed by atoms with Gasteiger partial charge in [0.2, 0.25) is 5.95 Å². The zero-order valence-corrected chi connectivity index (χ0v) is 20.5. The van der Waals surface area contributed by atoms with Crippen LogP contribution in [0.4, 0.5) is 10.3 Å². The highest BCUT2D eigenvalue weighted by Gasteiger charge is 2.19. The first-order valence-electron chi connectivity index (χ1n) is 12.3. The number of fused-ring (bicyclic) bond motifs is 1. The van der Waals surface area contributed by atoms with Crippen LogP contribution < -0.4 is 11.1 Å². The Hall–Kier alpha value is -3.34. The average Bonchev–Trinajstić information content (AvgIpc) is 3.19. The summed E-state index contributed by atoms with van der Waals surface area (Å²) in [6.07, 6.45) is 2.73. The lowest BCUT2D eigenvalue weighted by atomic mass is 10.1. The van der Waals surface area contributed by atoms with Crippen molar-refractivity contribution in [2.24, 2.45) is 5.73 Å².